The Labute approximate surface area is 303 Å². The van der Waals surface area contributed by atoms with Gasteiger partial charge in [0.25, 0.3) is 11.8 Å². The van der Waals surface area contributed by atoms with E-state index in [1.54, 1.807) is 21.1 Å². The average molecular weight is 728 g/mol. The van der Waals surface area contributed by atoms with Crippen LogP contribution in [0.3, 0.4) is 0 Å². The number of carbonyl (C=O) groups excluding carboxylic acids is 3. The van der Waals surface area contributed by atoms with Crippen LogP contribution in [0.2, 0.25) is 0 Å². The van der Waals surface area contributed by atoms with Crippen LogP contribution >= 0.6 is 0 Å². The Kier molecular flexibility index (Phi) is 12.8. The van der Waals surface area contributed by atoms with Crippen LogP contribution in [0.25, 0.3) is 0 Å². The lowest BCUT2D eigenvalue weighted by atomic mass is 9.76. The fraction of sp³-hybridized carbons (Fsp3) is 0.611. The second-order valence-electron chi connectivity index (χ2n) is 14.1. The first kappa shape index (κ1) is 39.0. The lowest BCUT2D eigenvalue weighted by Gasteiger charge is -2.53. The first-order valence-electron chi connectivity index (χ1n) is 17.8. The molecule has 1 spiro atoms. The van der Waals surface area contributed by atoms with E-state index in [4.69, 9.17) is 23.7 Å². The fourth-order valence-corrected chi connectivity index (χ4v) is 7.26. The van der Waals surface area contributed by atoms with Gasteiger partial charge in [-0.15, -0.1) is 10.2 Å². The normalized spacial score (nSPS) is 18.2. The Bertz CT molecular complexity index is 1630. The van der Waals surface area contributed by atoms with Crippen molar-refractivity contribution in [3.05, 3.63) is 35.9 Å². The maximum Gasteiger partial charge on any atom is 0.336 e. The van der Waals surface area contributed by atoms with Gasteiger partial charge in [-0.25, -0.2) is 19.0 Å². The van der Waals surface area contributed by atoms with Crippen molar-refractivity contribution in [1.82, 2.24) is 30.3 Å². The Morgan fingerprint density at radius 2 is 1.77 bits per heavy atom. The number of methoxy groups -OCH3 is 2. The van der Waals surface area contributed by atoms with Crippen molar-refractivity contribution in [2.45, 2.75) is 72.3 Å². The number of ether oxygens (including phenoxy) is 5. The van der Waals surface area contributed by atoms with Crippen molar-refractivity contribution in [3.8, 4) is 23.1 Å². The molecule has 2 fully saturated rings. The molecule has 16 heteroatoms. The van der Waals surface area contributed by atoms with E-state index in [-0.39, 0.29) is 34.9 Å². The summed E-state index contributed by atoms with van der Waals surface area (Å²) >= 11 is 0. The maximum absolute atomic E-state index is 15.6. The molecule has 3 aliphatic heterocycles. The Balaban J connectivity index is 1.36. The van der Waals surface area contributed by atoms with Crippen LogP contribution in [0.1, 0.15) is 64.2 Å². The third-order valence-corrected chi connectivity index (χ3v) is 9.88. The predicted molar refractivity (Wildman–Crippen MR) is 188 cm³/mol. The number of anilines is 1. The molecule has 5 rings (SSSR count). The number of nitrogens with one attached hydrogen (secondary N) is 1. The van der Waals surface area contributed by atoms with Gasteiger partial charge in [-0.3, -0.25) is 9.69 Å². The second kappa shape index (κ2) is 17.1. The third kappa shape index (κ3) is 8.68. The van der Waals surface area contributed by atoms with Crippen LogP contribution in [-0.4, -0.2) is 121 Å². The first-order chi connectivity index (χ1) is 24.9. The number of esters is 2. The number of benzene rings is 1. The molecule has 0 bridgehead atoms. The number of rotatable bonds is 16. The minimum Gasteiger partial charge on any atom is -0.430 e. The van der Waals surface area contributed by atoms with E-state index in [0.717, 1.165) is 57.1 Å². The van der Waals surface area contributed by atoms with E-state index in [9.17, 15) is 14.4 Å². The highest BCUT2D eigenvalue weighted by Gasteiger charge is 2.50. The number of hydrogen-bond donors (Lipinski definition) is 1. The minimum atomic E-state index is -1.09. The molecule has 2 aromatic rings. The highest BCUT2D eigenvalue weighted by molar-refractivity contribution is 6.01. The van der Waals surface area contributed by atoms with Crippen molar-refractivity contribution in [2.24, 2.45) is 11.3 Å². The number of nitrogens with zero attached hydrogens (tertiary/aromatic N) is 6. The summed E-state index contributed by atoms with van der Waals surface area (Å²) in [7, 11) is 3.26. The number of halogens is 1. The number of hydrogen-bond acceptors (Lipinski definition) is 14. The van der Waals surface area contributed by atoms with Crippen LogP contribution in [0.15, 0.2) is 24.5 Å². The number of likely N-dealkylation sites (tertiary alicyclic amines) is 1. The van der Waals surface area contributed by atoms with E-state index in [1.165, 1.54) is 11.2 Å². The number of carbonyl (C=O) groups is 3. The van der Waals surface area contributed by atoms with Crippen LogP contribution < -0.4 is 24.4 Å². The lowest BCUT2D eigenvalue weighted by molar-refractivity contribution is -0.133. The lowest BCUT2D eigenvalue weighted by Crippen LogP contribution is -2.62. The molecule has 0 saturated carbocycles. The van der Waals surface area contributed by atoms with E-state index < -0.39 is 35.2 Å². The zero-order valence-electron chi connectivity index (χ0n) is 31.0. The topological polar surface area (TPSA) is 158 Å². The smallest absolute Gasteiger partial charge is 0.336 e. The van der Waals surface area contributed by atoms with Gasteiger partial charge in [-0.1, -0.05) is 13.8 Å². The van der Waals surface area contributed by atoms with E-state index in [1.807, 2.05) is 13.8 Å². The zero-order valence-corrected chi connectivity index (χ0v) is 31.0. The molecule has 1 aromatic carbocycles. The van der Waals surface area contributed by atoms with Gasteiger partial charge < -0.3 is 38.8 Å². The quantitative estimate of drug-likeness (QED) is 0.116. The Hall–Kier alpha value is -4.25. The van der Waals surface area contributed by atoms with Gasteiger partial charge in [0.05, 0.1) is 5.56 Å². The average Bonchev–Trinajstić information content (AvgIpc) is 3.54. The predicted octanol–water partition coefficient (Wildman–Crippen LogP) is 3.58. The molecule has 284 valence electrons. The molecular weight excluding hydrogens is 677 g/mol. The van der Waals surface area contributed by atoms with Crippen LogP contribution in [0.4, 0.5) is 10.2 Å². The van der Waals surface area contributed by atoms with Crippen LogP contribution in [0.5, 0.6) is 23.1 Å². The summed E-state index contributed by atoms with van der Waals surface area (Å²) in [5.41, 5.74) is -0.213. The van der Waals surface area contributed by atoms with Gasteiger partial charge in [0.1, 0.15) is 6.33 Å². The maximum atomic E-state index is 15.6. The molecule has 1 atom stereocenters. The van der Waals surface area contributed by atoms with Gasteiger partial charge in [-0.2, -0.15) is 0 Å². The minimum absolute atomic E-state index is 0.0407. The van der Waals surface area contributed by atoms with E-state index >= 15 is 4.39 Å². The van der Waals surface area contributed by atoms with Crippen molar-refractivity contribution < 1.29 is 42.5 Å². The summed E-state index contributed by atoms with van der Waals surface area (Å²) in [5, 5.41) is 11.5. The molecular formula is C36H50FN7O8. The highest BCUT2D eigenvalue weighted by Crippen LogP contribution is 2.48. The second-order valence-corrected chi connectivity index (χ2v) is 14.1. The van der Waals surface area contributed by atoms with E-state index in [2.05, 4.69) is 44.1 Å². The highest BCUT2D eigenvalue weighted by atomic mass is 19.1. The summed E-state index contributed by atoms with van der Waals surface area (Å²) in [6, 6.07) is 1.09. The molecule has 52 heavy (non-hydrogen) atoms. The molecule has 1 N–H and O–H groups in total. The number of fused-ring (bicyclic) bond motifs is 1. The van der Waals surface area contributed by atoms with Gasteiger partial charge in [-0.05, 0) is 58.6 Å². The SMILES string of the molecule is CCN(C(=O)c1cc(F)c2c(c1Oc1nncnc1N1CCC3(C1)CN([C@H](CCCNCC(OC)OC)C(C)C)C3)OC(=O)/C=C/C(=O)O2)C(C)C. The molecule has 2 saturated heterocycles. The molecule has 0 aliphatic carbocycles. The molecule has 15 nitrogen and oxygen atoms in total. The zero-order chi connectivity index (χ0) is 37.6. The summed E-state index contributed by atoms with van der Waals surface area (Å²) in [5.74, 6) is -4.51. The van der Waals surface area contributed by atoms with Gasteiger partial charge in [0.15, 0.2) is 23.7 Å². The number of amides is 1. The standard InChI is InChI=1S/C36H50FN7O8/c1-8-44(23(4)5)35(47)24-16-25(37)31-32(51-28(46)12-11-27(45)50-31)30(24)52-34-33(39-21-40-41-34)42-15-13-36(18-42)19-43(20-36)26(22(2)3)10-9-14-38-17-29(48-6)49-7/h11-12,16,21-23,26,29,38H,8-10,13-15,17-20H2,1-7H3/b12-11+/t26-/m1/s1. The molecule has 0 unspecified atom stereocenters. The van der Waals surface area contributed by atoms with Gasteiger partial charge in [0.2, 0.25) is 11.5 Å². The monoisotopic (exact) mass is 727 g/mol. The Morgan fingerprint density at radius 3 is 2.40 bits per heavy atom. The van der Waals surface area contributed by atoms with Gasteiger partial charge in [0, 0.05) is 83.1 Å². The number of aromatic nitrogens is 3. The molecule has 1 amide bonds. The van der Waals surface area contributed by atoms with Crippen LogP contribution in [-0.2, 0) is 19.1 Å². The first-order valence-corrected chi connectivity index (χ1v) is 17.8. The summed E-state index contributed by atoms with van der Waals surface area (Å²) < 4.78 is 43.0. The van der Waals surface area contributed by atoms with Crippen molar-refractivity contribution in [3.63, 3.8) is 0 Å². The summed E-state index contributed by atoms with van der Waals surface area (Å²) in [6.07, 6.45) is 5.72. The molecule has 3 aliphatic rings. The largest absolute Gasteiger partial charge is 0.430 e. The van der Waals surface area contributed by atoms with E-state index in [0.29, 0.717) is 44.0 Å². The molecule has 0 radical (unpaired) electrons. The molecule has 4 heterocycles. The van der Waals surface area contributed by atoms with Crippen molar-refractivity contribution in [2.75, 3.05) is 64.9 Å². The summed E-state index contributed by atoms with van der Waals surface area (Å²) in [6.45, 7) is 15.0. The fourth-order valence-electron chi connectivity index (χ4n) is 7.26. The van der Waals surface area contributed by atoms with Crippen molar-refractivity contribution in [1.29, 1.82) is 0 Å². The Morgan fingerprint density at radius 1 is 1.08 bits per heavy atom. The van der Waals surface area contributed by atoms with Crippen LogP contribution in [0, 0.1) is 17.2 Å². The third-order valence-electron chi connectivity index (χ3n) is 9.88. The van der Waals surface area contributed by atoms with Crippen molar-refractivity contribution >= 4 is 23.7 Å². The summed E-state index contributed by atoms with van der Waals surface area (Å²) in [4.78, 5) is 49.4. The molecule has 1 aromatic heterocycles. The van der Waals surface area contributed by atoms with Gasteiger partial charge >= 0.3 is 11.9 Å².